The van der Waals surface area contributed by atoms with Crippen LogP contribution in [0.5, 0.6) is 0 Å². The fourth-order valence-electron chi connectivity index (χ4n) is 4.05. The van der Waals surface area contributed by atoms with Crippen molar-refractivity contribution in [2.45, 2.75) is 18.8 Å². The summed E-state index contributed by atoms with van der Waals surface area (Å²) >= 11 is 0. The molecule has 2 aromatic heterocycles. The number of piperidine rings is 1. The van der Waals surface area contributed by atoms with Crippen molar-refractivity contribution in [3.63, 3.8) is 0 Å². The molecule has 0 saturated carbocycles. The number of H-pyrrole nitrogens is 1. The van der Waals surface area contributed by atoms with Crippen molar-refractivity contribution in [3.8, 4) is 6.07 Å². The van der Waals surface area contributed by atoms with Crippen LogP contribution in [-0.2, 0) is 0 Å². The third kappa shape index (κ3) is 2.21. The number of nitriles is 1. The van der Waals surface area contributed by atoms with E-state index in [0.717, 1.165) is 48.6 Å². The van der Waals surface area contributed by atoms with E-state index in [2.05, 4.69) is 37.2 Å². The van der Waals surface area contributed by atoms with Crippen LogP contribution in [-0.4, -0.2) is 33.6 Å². The van der Waals surface area contributed by atoms with Gasteiger partial charge in [0, 0.05) is 29.9 Å². The van der Waals surface area contributed by atoms with Gasteiger partial charge < -0.3 is 10.6 Å². The third-order valence-corrected chi connectivity index (χ3v) is 5.27. The second kappa shape index (κ2) is 5.97. The largest absolute Gasteiger partial charge is 0.341 e. The molecule has 3 N–H and O–H groups in total. The number of nitrogens with one attached hydrogen (secondary N) is 3. The molecule has 130 valence electrons. The van der Waals surface area contributed by atoms with Crippen molar-refractivity contribution in [1.82, 2.24) is 25.8 Å². The maximum atomic E-state index is 10.1. The first-order valence-electron chi connectivity index (χ1n) is 8.73. The predicted molar refractivity (Wildman–Crippen MR) is 94.1 cm³/mol. The number of hydrogen-bond acceptors (Lipinski definition) is 7. The van der Waals surface area contributed by atoms with E-state index in [1.54, 1.807) is 0 Å². The van der Waals surface area contributed by atoms with Gasteiger partial charge in [0.15, 0.2) is 5.82 Å². The van der Waals surface area contributed by atoms with Gasteiger partial charge in [-0.05, 0) is 41.3 Å². The van der Waals surface area contributed by atoms with Crippen LogP contribution in [0.4, 0.5) is 5.82 Å². The fourth-order valence-corrected chi connectivity index (χ4v) is 4.05. The molecule has 2 aliphatic heterocycles. The predicted octanol–water partition coefficient (Wildman–Crippen LogP) is 2.28. The average molecular weight is 347 g/mol. The SMILES string of the molecule is N#CC1=C(C2CCCNC2)Nc2n[nH]cc2C1c1cccc2nonc12. The molecule has 2 unspecified atom stereocenters. The van der Waals surface area contributed by atoms with Gasteiger partial charge in [-0.2, -0.15) is 10.4 Å². The molecule has 2 aliphatic rings. The Morgan fingerprint density at radius 3 is 3.04 bits per heavy atom. The number of benzene rings is 1. The molecule has 0 spiro atoms. The molecule has 26 heavy (non-hydrogen) atoms. The number of fused-ring (bicyclic) bond motifs is 2. The zero-order valence-electron chi connectivity index (χ0n) is 14.0. The Morgan fingerprint density at radius 1 is 1.23 bits per heavy atom. The highest BCUT2D eigenvalue weighted by atomic mass is 16.6. The molecule has 5 rings (SSSR count). The summed E-state index contributed by atoms with van der Waals surface area (Å²) in [5, 5.41) is 32.2. The summed E-state index contributed by atoms with van der Waals surface area (Å²) in [4.78, 5) is 0. The number of rotatable bonds is 2. The second-order valence-electron chi connectivity index (χ2n) is 6.71. The van der Waals surface area contributed by atoms with Gasteiger partial charge >= 0.3 is 0 Å². The Bertz CT molecular complexity index is 1040. The molecular formula is C18H17N7O. The fraction of sp³-hybridized carbons (Fsp3) is 0.333. The summed E-state index contributed by atoms with van der Waals surface area (Å²) in [6.07, 6.45) is 3.98. The number of aromatic amines is 1. The number of aromatic nitrogens is 4. The van der Waals surface area contributed by atoms with Gasteiger partial charge in [0.1, 0.15) is 11.0 Å². The van der Waals surface area contributed by atoms with Crippen LogP contribution in [0.2, 0.25) is 0 Å². The van der Waals surface area contributed by atoms with Gasteiger partial charge in [0.05, 0.1) is 17.6 Å². The van der Waals surface area contributed by atoms with Gasteiger partial charge in [0.2, 0.25) is 0 Å². The minimum atomic E-state index is -0.248. The molecular weight excluding hydrogens is 330 g/mol. The second-order valence-corrected chi connectivity index (χ2v) is 6.71. The summed E-state index contributed by atoms with van der Waals surface area (Å²) in [6.45, 7) is 1.88. The normalized spacial score (nSPS) is 22.7. The highest BCUT2D eigenvalue weighted by Crippen LogP contribution is 2.44. The number of allylic oxidation sites excluding steroid dienone is 1. The van der Waals surface area contributed by atoms with Crippen molar-refractivity contribution in [2.75, 3.05) is 18.4 Å². The monoisotopic (exact) mass is 347 g/mol. The van der Waals surface area contributed by atoms with Crippen LogP contribution < -0.4 is 10.6 Å². The Balaban J connectivity index is 1.72. The first kappa shape index (κ1) is 15.1. The van der Waals surface area contributed by atoms with Crippen LogP contribution in [0.25, 0.3) is 11.0 Å². The van der Waals surface area contributed by atoms with Gasteiger partial charge in [0.25, 0.3) is 0 Å². The Morgan fingerprint density at radius 2 is 2.19 bits per heavy atom. The minimum absolute atomic E-state index is 0.248. The molecule has 0 aliphatic carbocycles. The van der Waals surface area contributed by atoms with E-state index in [1.807, 2.05) is 24.4 Å². The van der Waals surface area contributed by atoms with Gasteiger partial charge in [-0.3, -0.25) is 5.10 Å². The standard InChI is InChI=1S/C18H17N7O/c19-7-12-15(11-4-1-5-14-17(11)25-26-24-14)13-9-21-23-18(13)22-16(12)10-3-2-6-20-8-10/h1,4-5,9-10,15,20H,2-3,6,8H2,(H2,21,22,23). The zero-order valence-corrected chi connectivity index (χ0v) is 14.0. The molecule has 0 bridgehead atoms. The van der Waals surface area contributed by atoms with Crippen molar-refractivity contribution < 1.29 is 4.63 Å². The molecule has 1 saturated heterocycles. The molecule has 2 atom stereocenters. The molecule has 4 heterocycles. The van der Waals surface area contributed by atoms with Crippen LogP contribution in [0.3, 0.4) is 0 Å². The highest BCUT2D eigenvalue weighted by Gasteiger charge is 2.35. The van der Waals surface area contributed by atoms with E-state index >= 15 is 0 Å². The number of hydrogen-bond donors (Lipinski definition) is 3. The minimum Gasteiger partial charge on any atom is -0.341 e. The van der Waals surface area contributed by atoms with E-state index in [1.165, 1.54) is 0 Å². The quantitative estimate of drug-likeness (QED) is 0.651. The lowest BCUT2D eigenvalue weighted by Crippen LogP contribution is -2.34. The first-order valence-corrected chi connectivity index (χ1v) is 8.73. The van der Waals surface area contributed by atoms with E-state index in [0.29, 0.717) is 16.6 Å². The highest BCUT2D eigenvalue weighted by molar-refractivity contribution is 5.80. The zero-order chi connectivity index (χ0) is 17.5. The summed E-state index contributed by atoms with van der Waals surface area (Å²) in [5.74, 6) is 0.783. The van der Waals surface area contributed by atoms with Gasteiger partial charge in [-0.1, -0.05) is 12.1 Å². The molecule has 0 radical (unpaired) electrons. The Hall–Kier alpha value is -3.18. The summed E-state index contributed by atoms with van der Waals surface area (Å²) in [6, 6.07) is 8.21. The Labute approximate surface area is 149 Å². The van der Waals surface area contributed by atoms with Crippen LogP contribution in [0.15, 0.2) is 40.3 Å². The van der Waals surface area contributed by atoms with E-state index in [4.69, 9.17) is 4.63 Å². The van der Waals surface area contributed by atoms with Crippen LogP contribution in [0, 0.1) is 17.2 Å². The van der Waals surface area contributed by atoms with Crippen molar-refractivity contribution >= 4 is 16.9 Å². The topological polar surface area (TPSA) is 115 Å². The molecule has 3 aromatic rings. The lowest BCUT2D eigenvalue weighted by atomic mass is 9.79. The summed E-state index contributed by atoms with van der Waals surface area (Å²) < 4.78 is 4.93. The van der Waals surface area contributed by atoms with Gasteiger partial charge in [-0.25, -0.2) is 4.63 Å². The van der Waals surface area contributed by atoms with Crippen molar-refractivity contribution in [2.24, 2.45) is 5.92 Å². The first-order chi connectivity index (χ1) is 12.9. The van der Waals surface area contributed by atoms with E-state index < -0.39 is 0 Å². The lowest BCUT2D eigenvalue weighted by Gasteiger charge is -2.32. The number of anilines is 1. The maximum Gasteiger partial charge on any atom is 0.156 e. The molecule has 1 fully saturated rings. The smallest absolute Gasteiger partial charge is 0.156 e. The lowest BCUT2D eigenvalue weighted by molar-refractivity contribution is 0.315. The Kier molecular flexibility index (Phi) is 3.47. The summed E-state index contributed by atoms with van der Waals surface area (Å²) in [7, 11) is 0. The van der Waals surface area contributed by atoms with E-state index in [-0.39, 0.29) is 11.8 Å². The third-order valence-electron chi connectivity index (χ3n) is 5.27. The molecule has 8 nitrogen and oxygen atoms in total. The maximum absolute atomic E-state index is 10.1. The molecule has 8 heteroatoms. The summed E-state index contributed by atoms with van der Waals surface area (Å²) in [5.41, 5.74) is 4.88. The van der Waals surface area contributed by atoms with Crippen molar-refractivity contribution in [3.05, 3.63) is 46.8 Å². The van der Waals surface area contributed by atoms with Crippen LogP contribution in [0.1, 0.15) is 29.9 Å². The van der Waals surface area contributed by atoms with Crippen molar-refractivity contribution in [1.29, 1.82) is 5.26 Å². The van der Waals surface area contributed by atoms with Gasteiger partial charge in [-0.15, -0.1) is 0 Å². The number of nitrogens with zero attached hydrogens (tertiary/aromatic N) is 4. The van der Waals surface area contributed by atoms with Crippen LogP contribution >= 0.6 is 0 Å². The molecule has 1 aromatic carbocycles. The molecule has 0 amide bonds. The average Bonchev–Trinajstić information content (AvgIpc) is 3.36. The van der Waals surface area contributed by atoms with E-state index in [9.17, 15) is 5.26 Å².